The van der Waals surface area contributed by atoms with Crippen LogP contribution in [0, 0.1) is 11.7 Å². The van der Waals surface area contributed by atoms with E-state index in [0.717, 1.165) is 6.07 Å². The van der Waals surface area contributed by atoms with Crippen molar-refractivity contribution in [2.24, 2.45) is 5.92 Å². The molecule has 0 radical (unpaired) electrons. The highest BCUT2D eigenvalue weighted by Gasteiger charge is 2.26. The number of phenolic OH excluding ortho intramolecular Hbond substituents is 1. The number of hydrogen-bond donors (Lipinski definition) is 1. The van der Waals surface area contributed by atoms with Crippen molar-refractivity contribution < 1.29 is 13.9 Å². The summed E-state index contributed by atoms with van der Waals surface area (Å²) in [6.45, 7) is 5.04. The Kier molecular flexibility index (Phi) is 6.65. The summed E-state index contributed by atoms with van der Waals surface area (Å²) in [4.78, 5) is 18.2. The first-order valence-electron chi connectivity index (χ1n) is 10.1. The number of phenols is 1. The standard InChI is InChI=1S/C24H26F2N2O2/c1-4-17-20(13-15(2)3)27-23(18-11-8-12-19(26)22(18)29)28(24(17)30)21(14-25)16-9-6-5-7-10-16/h5-12,15,21,29H,4,13-14H2,1-3H3. The minimum absolute atomic E-state index is 0.0640. The number of nitrogens with zero attached hydrogens (tertiary/aromatic N) is 2. The Bertz CT molecular complexity index is 1080. The predicted molar refractivity (Wildman–Crippen MR) is 114 cm³/mol. The number of halogens is 2. The van der Waals surface area contributed by atoms with E-state index in [1.165, 1.54) is 16.7 Å². The Morgan fingerprint density at radius 1 is 1.10 bits per heavy atom. The molecule has 1 N–H and O–H groups in total. The molecule has 3 aromatic rings. The van der Waals surface area contributed by atoms with Crippen LogP contribution < -0.4 is 5.56 Å². The molecule has 0 saturated carbocycles. The lowest BCUT2D eigenvalue weighted by atomic mass is 10.0. The quantitative estimate of drug-likeness (QED) is 0.589. The molecule has 2 aromatic carbocycles. The molecule has 1 unspecified atom stereocenters. The highest BCUT2D eigenvalue weighted by Crippen LogP contribution is 2.33. The fourth-order valence-corrected chi connectivity index (χ4v) is 3.68. The second-order valence-corrected chi connectivity index (χ2v) is 7.70. The summed E-state index contributed by atoms with van der Waals surface area (Å²) in [5.41, 5.74) is 1.40. The molecule has 0 saturated heterocycles. The second kappa shape index (κ2) is 9.20. The molecule has 0 spiro atoms. The zero-order chi connectivity index (χ0) is 21.8. The molecular formula is C24H26F2N2O2. The minimum Gasteiger partial charge on any atom is -0.504 e. The number of alkyl halides is 1. The summed E-state index contributed by atoms with van der Waals surface area (Å²) < 4.78 is 29.7. The van der Waals surface area contributed by atoms with Gasteiger partial charge in [-0.05, 0) is 36.5 Å². The molecule has 1 heterocycles. The van der Waals surface area contributed by atoms with Crippen LogP contribution >= 0.6 is 0 Å². The average Bonchev–Trinajstić information content (AvgIpc) is 2.72. The zero-order valence-electron chi connectivity index (χ0n) is 17.4. The highest BCUT2D eigenvalue weighted by molar-refractivity contribution is 5.65. The summed E-state index contributed by atoms with van der Waals surface area (Å²) in [5, 5.41) is 10.4. The van der Waals surface area contributed by atoms with Gasteiger partial charge in [0.05, 0.1) is 17.3 Å². The molecule has 0 aliphatic carbocycles. The molecule has 0 fully saturated rings. The van der Waals surface area contributed by atoms with Gasteiger partial charge in [-0.1, -0.05) is 57.2 Å². The van der Waals surface area contributed by atoms with Crippen molar-refractivity contribution in [3.63, 3.8) is 0 Å². The molecule has 0 aliphatic heterocycles. The number of para-hydroxylation sites is 1. The van der Waals surface area contributed by atoms with E-state index in [0.29, 0.717) is 29.7 Å². The first kappa shape index (κ1) is 21.7. The summed E-state index contributed by atoms with van der Waals surface area (Å²) in [6, 6.07) is 11.9. The fraction of sp³-hybridized carbons (Fsp3) is 0.333. The maximum atomic E-state index is 14.3. The van der Waals surface area contributed by atoms with E-state index in [9.17, 15) is 18.7 Å². The molecule has 0 amide bonds. The van der Waals surface area contributed by atoms with Gasteiger partial charge in [0.15, 0.2) is 11.6 Å². The van der Waals surface area contributed by atoms with E-state index in [-0.39, 0.29) is 22.9 Å². The molecular weight excluding hydrogens is 386 g/mol. The maximum Gasteiger partial charge on any atom is 0.257 e. The first-order valence-corrected chi connectivity index (χ1v) is 10.1. The Hall–Kier alpha value is -3.02. The number of benzene rings is 2. The molecule has 0 bridgehead atoms. The molecule has 1 aromatic heterocycles. The maximum absolute atomic E-state index is 14.3. The third-order valence-corrected chi connectivity index (χ3v) is 5.12. The van der Waals surface area contributed by atoms with Gasteiger partial charge in [0.1, 0.15) is 12.5 Å². The van der Waals surface area contributed by atoms with Crippen LogP contribution in [0.2, 0.25) is 0 Å². The third-order valence-electron chi connectivity index (χ3n) is 5.12. The topological polar surface area (TPSA) is 55.1 Å². The SMILES string of the molecule is CCc1c(CC(C)C)nc(-c2cccc(F)c2O)n(C(CF)c2ccccc2)c1=O. The number of rotatable bonds is 7. The van der Waals surface area contributed by atoms with Crippen molar-refractivity contribution >= 4 is 0 Å². The van der Waals surface area contributed by atoms with Crippen LogP contribution in [0.25, 0.3) is 11.4 Å². The van der Waals surface area contributed by atoms with Gasteiger partial charge in [0.2, 0.25) is 0 Å². The second-order valence-electron chi connectivity index (χ2n) is 7.70. The van der Waals surface area contributed by atoms with E-state index in [1.54, 1.807) is 24.3 Å². The van der Waals surface area contributed by atoms with Gasteiger partial charge >= 0.3 is 0 Å². The summed E-state index contributed by atoms with van der Waals surface area (Å²) >= 11 is 0. The summed E-state index contributed by atoms with van der Waals surface area (Å²) in [5.74, 6) is -1.13. The smallest absolute Gasteiger partial charge is 0.257 e. The molecule has 1 atom stereocenters. The molecule has 0 aliphatic rings. The highest BCUT2D eigenvalue weighted by atomic mass is 19.1. The van der Waals surface area contributed by atoms with Gasteiger partial charge < -0.3 is 5.11 Å². The monoisotopic (exact) mass is 412 g/mol. The van der Waals surface area contributed by atoms with Crippen LogP contribution in [0.4, 0.5) is 8.78 Å². The van der Waals surface area contributed by atoms with Crippen LogP contribution in [0.5, 0.6) is 5.75 Å². The van der Waals surface area contributed by atoms with Gasteiger partial charge in [-0.2, -0.15) is 0 Å². The Balaban J connectivity index is 2.39. The van der Waals surface area contributed by atoms with Crippen molar-refractivity contribution in [2.45, 2.75) is 39.7 Å². The van der Waals surface area contributed by atoms with Crippen molar-refractivity contribution in [3.8, 4) is 17.1 Å². The van der Waals surface area contributed by atoms with E-state index < -0.39 is 24.3 Å². The summed E-state index contributed by atoms with van der Waals surface area (Å²) in [7, 11) is 0. The molecule has 4 nitrogen and oxygen atoms in total. The molecule has 30 heavy (non-hydrogen) atoms. The first-order chi connectivity index (χ1) is 14.4. The van der Waals surface area contributed by atoms with E-state index in [2.05, 4.69) is 4.98 Å². The van der Waals surface area contributed by atoms with E-state index in [1.807, 2.05) is 26.8 Å². The van der Waals surface area contributed by atoms with Gasteiger partial charge in [-0.15, -0.1) is 0 Å². The van der Waals surface area contributed by atoms with Crippen molar-refractivity contribution in [1.29, 1.82) is 0 Å². The molecule has 6 heteroatoms. The number of aromatic nitrogens is 2. The van der Waals surface area contributed by atoms with Crippen LogP contribution in [0.1, 0.15) is 43.6 Å². The Labute approximate surface area is 174 Å². The van der Waals surface area contributed by atoms with Crippen LogP contribution in [0.15, 0.2) is 53.3 Å². The lowest BCUT2D eigenvalue weighted by Gasteiger charge is -2.24. The number of aromatic hydroxyl groups is 1. The third kappa shape index (κ3) is 4.13. The largest absolute Gasteiger partial charge is 0.504 e. The Morgan fingerprint density at radius 2 is 1.80 bits per heavy atom. The van der Waals surface area contributed by atoms with Crippen molar-refractivity contribution in [3.05, 3.63) is 81.5 Å². The minimum atomic E-state index is -0.942. The molecule has 3 rings (SSSR count). The van der Waals surface area contributed by atoms with Crippen molar-refractivity contribution in [2.75, 3.05) is 6.67 Å². The van der Waals surface area contributed by atoms with E-state index >= 15 is 0 Å². The van der Waals surface area contributed by atoms with Gasteiger partial charge in [-0.25, -0.2) is 13.8 Å². The van der Waals surface area contributed by atoms with Gasteiger partial charge in [0.25, 0.3) is 5.56 Å². The van der Waals surface area contributed by atoms with Crippen LogP contribution in [-0.4, -0.2) is 21.3 Å². The zero-order valence-corrected chi connectivity index (χ0v) is 17.4. The molecule has 158 valence electrons. The van der Waals surface area contributed by atoms with Crippen LogP contribution in [0.3, 0.4) is 0 Å². The fourth-order valence-electron chi connectivity index (χ4n) is 3.68. The van der Waals surface area contributed by atoms with Crippen molar-refractivity contribution in [1.82, 2.24) is 9.55 Å². The predicted octanol–water partition coefficient (Wildman–Crippen LogP) is 5.07. The van der Waals surface area contributed by atoms with Gasteiger partial charge in [0, 0.05) is 5.56 Å². The normalized spacial score (nSPS) is 12.3. The lowest BCUT2D eigenvalue weighted by molar-refractivity contribution is 0.386. The lowest BCUT2D eigenvalue weighted by Crippen LogP contribution is -2.33. The summed E-state index contributed by atoms with van der Waals surface area (Å²) in [6.07, 6.45) is 0.991. The van der Waals surface area contributed by atoms with E-state index in [4.69, 9.17) is 0 Å². The Morgan fingerprint density at radius 3 is 2.40 bits per heavy atom. The van der Waals surface area contributed by atoms with Crippen LogP contribution in [-0.2, 0) is 12.8 Å². The van der Waals surface area contributed by atoms with Gasteiger partial charge in [-0.3, -0.25) is 9.36 Å². The number of hydrogen-bond acceptors (Lipinski definition) is 3. The average molecular weight is 412 g/mol.